The van der Waals surface area contributed by atoms with Crippen molar-refractivity contribution in [2.75, 3.05) is 37.6 Å². The molecule has 2 N–H and O–H groups in total. The summed E-state index contributed by atoms with van der Waals surface area (Å²) < 4.78 is 41.4. The van der Waals surface area contributed by atoms with E-state index in [-0.39, 0.29) is 11.6 Å². The lowest BCUT2D eigenvalue weighted by atomic mass is 10.2. The van der Waals surface area contributed by atoms with Gasteiger partial charge in [0.15, 0.2) is 11.5 Å². The Morgan fingerprint density at radius 1 is 0.969 bits per heavy atom. The largest absolute Gasteiger partial charge is 0.495 e. The lowest BCUT2D eigenvalue weighted by Crippen LogP contribution is -2.13. The van der Waals surface area contributed by atoms with Crippen LogP contribution in [-0.4, -0.2) is 46.9 Å². The summed E-state index contributed by atoms with van der Waals surface area (Å²) in [6, 6.07) is 10.1. The van der Waals surface area contributed by atoms with Crippen molar-refractivity contribution >= 4 is 38.6 Å². The number of aromatic nitrogens is 1. The number of ether oxygens (including phenoxy) is 3. The average Bonchev–Trinajstić information content (AvgIpc) is 3.14. The number of rotatable bonds is 8. The summed E-state index contributed by atoms with van der Waals surface area (Å²) in [7, 11) is 1.02. The molecule has 0 radical (unpaired) electrons. The number of aryl methyl sites for hydroxylation is 1. The Labute approximate surface area is 190 Å². The van der Waals surface area contributed by atoms with Gasteiger partial charge in [0.25, 0.3) is 5.91 Å². The third-order valence-corrected chi connectivity index (χ3v) is 6.18. The molecule has 3 rings (SSSR count). The van der Waals surface area contributed by atoms with Crippen LogP contribution < -0.4 is 24.2 Å². The number of carbonyl (C=O) groups excluding carboxylic acids is 1. The second-order valence-electron chi connectivity index (χ2n) is 6.75. The summed E-state index contributed by atoms with van der Waals surface area (Å²) in [6.07, 6.45) is 1.04. The summed E-state index contributed by atoms with van der Waals surface area (Å²) in [5.74, 6) is 1.13. The van der Waals surface area contributed by atoms with Gasteiger partial charge in [0.2, 0.25) is 10.0 Å². The number of sulfonamides is 1. The molecule has 1 heterocycles. The van der Waals surface area contributed by atoms with Crippen LogP contribution in [0.4, 0.5) is 11.4 Å². The molecule has 0 saturated heterocycles. The van der Waals surface area contributed by atoms with Gasteiger partial charge in [-0.2, -0.15) is 0 Å². The summed E-state index contributed by atoms with van der Waals surface area (Å²) in [6.45, 7) is 1.75. The lowest BCUT2D eigenvalue weighted by molar-refractivity contribution is 0.103. The maximum absolute atomic E-state index is 12.9. The SMILES string of the molecule is COc1ccc(NC(=O)c2sc(-c3ccc(OC)c(OC)c3)nc2C)cc1NS(C)(=O)=O. The average molecular weight is 478 g/mol. The van der Waals surface area contributed by atoms with Crippen LogP contribution >= 0.6 is 11.3 Å². The molecule has 9 nitrogen and oxygen atoms in total. The molecule has 0 atom stereocenters. The minimum atomic E-state index is -3.52. The molecule has 1 aromatic heterocycles. The Morgan fingerprint density at radius 2 is 1.62 bits per heavy atom. The third-order valence-electron chi connectivity index (χ3n) is 4.39. The first-order chi connectivity index (χ1) is 15.1. The summed E-state index contributed by atoms with van der Waals surface area (Å²) in [4.78, 5) is 17.8. The highest BCUT2D eigenvalue weighted by molar-refractivity contribution is 7.92. The van der Waals surface area contributed by atoms with Crippen molar-refractivity contribution in [1.82, 2.24) is 4.98 Å². The van der Waals surface area contributed by atoms with Gasteiger partial charge in [0, 0.05) is 11.3 Å². The van der Waals surface area contributed by atoms with Gasteiger partial charge < -0.3 is 19.5 Å². The van der Waals surface area contributed by atoms with E-state index in [4.69, 9.17) is 14.2 Å². The molecule has 0 unspecified atom stereocenters. The minimum Gasteiger partial charge on any atom is -0.495 e. The van der Waals surface area contributed by atoms with Crippen molar-refractivity contribution in [1.29, 1.82) is 0 Å². The number of thiazole rings is 1. The Hall–Kier alpha value is -3.31. The van der Waals surface area contributed by atoms with E-state index >= 15 is 0 Å². The number of hydrogen-bond donors (Lipinski definition) is 2. The number of amides is 1. The highest BCUT2D eigenvalue weighted by atomic mass is 32.2. The van der Waals surface area contributed by atoms with E-state index in [1.807, 2.05) is 6.07 Å². The predicted octanol–water partition coefficient (Wildman–Crippen LogP) is 3.77. The number of nitrogens with zero attached hydrogens (tertiary/aromatic N) is 1. The summed E-state index contributed by atoms with van der Waals surface area (Å²) >= 11 is 1.24. The summed E-state index contributed by atoms with van der Waals surface area (Å²) in [5.41, 5.74) is 1.99. The lowest BCUT2D eigenvalue weighted by Gasteiger charge is -2.12. The maximum Gasteiger partial charge on any atom is 0.267 e. The van der Waals surface area contributed by atoms with Crippen molar-refractivity contribution in [3.05, 3.63) is 47.0 Å². The highest BCUT2D eigenvalue weighted by Crippen LogP contribution is 2.35. The molecule has 32 heavy (non-hydrogen) atoms. The molecule has 0 spiro atoms. The summed E-state index contributed by atoms with van der Waals surface area (Å²) in [5, 5.41) is 3.43. The second kappa shape index (κ2) is 9.45. The fraction of sp³-hybridized carbons (Fsp3) is 0.238. The minimum absolute atomic E-state index is 0.222. The van der Waals surface area contributed by atoms with Crippen LogP contribution in [0.3, 0.4) is 0 Å². The van der Waals surface area contributed by atoms with E-state index in [0.717, 1.165) is 11.8 Å². The zero-order valence-corrected chi connectivity index (χ0v) is 19.8. The zero-order chi connectivity index (χ0) is 23.5. The van der Waals surface area contributed by atoms with Gasteiger partial charge in [-0.05, 0) is 43.3 Å². The van der Waals surface area contributed by atoms with E-state index in [2.05, 4.69) is 15.0 Å². The Bertz CT molecular complexity index is 1250. The van der Waals surface area contributed by atoms with E-state index in [1.54, 1.807) is 45.4 Å². The number of methoxy groups -OCH3 is 3. The first-order valence-electron chi connectivity index (χ1n) is 9.32. The van der Waals surface area contributed by atoms with Crippen LogP contribution in [-0.2, 0) is 10.0 Å². The molecule has 11 heteroatoms. The molecule has 0 bridgehead atoms. The fourth-order valence-corrected chi connectivity index (χ4v) is 4.47. The Kier molecular flexibility index (Phi) is 6.90. The van der Waals surface area contributed by atoms with Crippen molar-refractivity contribution in [2.24, 2.45) is 0 Å². The van der Waals surface area contributed by atoms with Crippen LogP contribution in [0, 0.1) is 6.92 Å². The normalized spacial score (nSPS) is 11.0. The van der Waals surface area contributed by atoms with Crippen LogP contribution in [0.1, 0.15) is 15.4 Å². The number of carbonyl (C=O) groups is 1. The van der Waals surface area contributed by atoms with Crippen LogP contribution in [0.5, 0.6) is 17.2 Å². The molecule has 3 aromatic rings. The van der Waals surface area contributed by atoms with Gasteiger partial charge in [0.1, 0.15) is 15.6 Å². The predicted molar refractivity (Wildman–Crippen MR) is 125 cm³/mol. The van der Waals surface area contributed by atoms with Crippen molar-refractivity contribution in [3.63, 3.8) is 0 Å². The Morgan fingerprint density at radius 3 is 2.25 bits per heavy atom. The number of nitrogens with one attached hydrogen (secondary N) is 2. The van der Waals surface area contributed by atoms with E-state index < -0.39 is 10.0 Å². The van der Waals surface area contributed by atoms with Crippen molar-refractivity contribution < 1.29 is 27.4 Å². The quantitative estimate of drug-likeness (QED) is 0.507. The molecular formula is C21H23N3O6S2. The molecule has 170 valence electrons. The van der Waals surface area contributed by atoms with Gasteiger partial charge in [-0.3, -0.25) is 9.52 Å². The van der Waals surface area contributed by atoms with Gasteiger partial charge in [-0.15, -0.1) is 11.3 Å². The smallest absolute Gasteiger partial charge is 0.267 e. The van der Waals surface area contributed by atoms with Crippen molar-refractivity contribution in [2.45, 2.75) is 6.92 Å². The van der Waals surface area contributed by atoms with Gasteiger partial charge in [-0.25, -0.2) is 13.4 Å². The molecule has 0 aliphatic heterocycles. The van der Waals surface area contributed by atoms with Gasteiger partial charge >= 0.3 is 0 Å². The van der Waals surface area contributed by atoms with Crippen LogP contribution in [0.25, 0.3) is 10.6 Å². The van der Waals surface area contributed by atoms with E-state index in [1.165, 1.54) is 24.5 Å². The van der Waals surface area contributed by atoms with Crippen molar-refractivity contribution in [3.8, 4) is 27.8 Å². The molecule has 0 fully saturated rings. The molecule has 2 aromatic carbocycles. The molecule has 0 saturated carbocycles. The Balaban J connectivity index is 1.87. The fourth-order valence-electron chi connectivity index (χ4n) is 2.95. The van der Waals surface area contributed by atoms with E-state index in [0.29, 0.717) is 38.5 Å². The molecule has 0 aliphatic carbocycles. The van der Waals surface area contributed by atoms with Crippen LogP contribution in [0.15, 0.2) is 36.4 Å². The first kappa shape index (κ1) is 23.4. The van der Waals surface area contributed by atoms with Gasteiger partial charge in [-0.1, -0.05) is 0 Å². The highest BCUT2D eigenvalue weighted by Gasteiger charge is 2.18. The van der Waals surface area contributed by atoms with Crippen LogP contribution in [0.2, 0.25) is 0 Å². The zero-order valence-electron chi connectivity index (χ0n) is 18.2. The molecule has 1 amide bonds. The molecular weight excluding hydrogens is 454 g/mol. The van der Waals surface area contributed by atoms with Gasteiger partial charge in [0.05, 0.1) is 39.0 Å². The topological polar surface area (TPSA) is 116 Å². The molecule has 0 aliphatic rings. The first-order valence-corrected chi connectivity index (χ1v) is 12.0. The second-order valence-corrected chi connectivity index (χ2v) is 9.49. The number of hydrogen-bond acceptors (Lipinski definition) is 8. The maximum atomic E-state index is 12.9. The monoisotopic (exact) mass is 477 g/mol. The third kappa shape index (κ3) is 5.29. The van der Waals surface area contributed by atoms with E-state index in [9.17, 15) is 13.2 Å². The number of anilines is 2. The standard InChI is InChI=1S/C21H23N3O6S2/c1-12-19(31-21(22-12)13-6-8-17(29-3)18(10-13)30-4)20(25)23-14-7-9-16(28-2)15(11-14)24-32(5,26)27/h6-11,24H,1-5H3,(H,23,25). The number of benzene rings is 2.